The molecule has 1 amide bonds. The van der Waals surface area contributed by atoms with Crippen molar-refractivity contribution in [1.82, 2.24) is 0 Å². The molecule has 0 aliphatic rings. The van der Waals surface area contributed by atoms with Gasteiger partial charge in [-0.1, -0.05) is 58.3 Å². The second kappa shape index (κ2) is 11.5. The first-order valence-electron chi connectivity index (χ1n) is 8.78. The van der Waals surface area contributed by atoms with Crippen LogP contribution in [-0.2, 0) is 4.79 Å². The molecule has 0 aromatic heterocycles. The molecule has 1 aromatic rings. The van der Waals surface area contributed by atoms with E-state index in [9.17, 15) is 19.3 Å². The molecule has 0 saturated carbocycles. The Labute approximate surface area is 142 Å². The molecule has 5 nitrogen and oxygen atoms in total. The Hall–Kier alpha value is -1.98. The van der Waals surface area contributed by atoms with Crippen molar-refractivity contribution >= 4 is 17.3 Å². The van der Waals surface area contributed by atoms with Crippen molar-refractivity contribution in [3.8, 4) is 0 Å². The number of halogens is 1. The van der Waals surface area contributed by atoms with Crippen molar-refractivity contribution in [2.45, 2.75) is 71.1 Å². The fourth-order valence-corrected chi connectivity index (χ4v) is 2.53. The van der Waals surface area contributed by atoms with Crippen molar-refractivity contribution in [2.75, 3.05) is 5.32 Å². The fraction of sp³-hybridized carbons (Fsp3) is 0.611. The molecule has 0 saturated heterocycles. The number of hydrogen-bond donors (Lipinski definition) is 1. The Morgan fingerprint density at radius 1 is 1.08 bits per heavy atom. The van der Waals surface area contributed by atoms with Gasteiger partial charge in [-0.2, -0.15) is 0 Å². The predicted molar refractivity (Wildman–Crippen MR) is 93.5 cm³/mol. The standard InChI is InChI=1S/C18H27FN2O3/c1-2-3-4-5-6-7-8-9-10-11-18(22)20-17-14-15(21(23)24)12-13-16(17)19/h12-14H,2-11H2,1H3,(H,20,22). The summed E-state index contributed by atoms with van der Waals surface area (Å²) >= 11 is 0. The van der Waals surface area contributed by atoms with Gasteiger partial charge in [-0.05, 0) is 12.5 Å². The van der Waals surface area contributed by atoms with Crippen LogP contribution in [-0.4, -0.2) is 10.8 Å². The van der Waals surface area contributed by atoms with Crippen LogP contribution < -0.4 is 5.32 Å². The van der Waals surface area contributed by atoms with Gasteiger partial charge < -0.3 is 5.32 Å². The first-order valence-corrected chi connectivity index (χ1v) is 8.78. The third-order valence-electron chi connectivity index (χ3n) is 3.94. The highest BCUT2D eigenvalue weighted by atomic mass is 19.1. The lowest BCUT2D eigenvalue weighted by Gasteiger charge is -2.06. The number of anilines is 1. The number of nitrogens with one attached hydrogen (secondary N) is 1. The van der Waals surface area contributed by atoms with E-state index in [0.29, 0.717) is 6.42 Å². The molecule has 134 valence electrons. The predicted octanol–water partition coefficient (Wildman–Crippen LogP) is 5.59. The monoisotopic (exact) mass is 338 g/mol. The minimum atomic E-state index is -0.666. The minimum absolute atomic E-state index is 0.134. The van der Waals surface area contributed by atoms with Gasteiger partial charge in [-0.15, -0.1) is 0 Å². The number of non-ortho nitro benzene ring substituents is 1. The Bertz CT molecular complexity index is 535. The van der Waals surface area contributed by atoms with E-state index in [1.807, 2.05) is 0 Å². The number of nitro benzene ring substituents is 1. The fourth-order valence-electron chi connectivity index (χ4n) is 2.53. The Morgan fingerprint density at radius 2 is 1.67 bits per heavy atom. The summed E-state index contributed by atoms with van der Waals surface area (Å²) in [6.07, 6.45) is 10.7. The van der Waals surface area contributed by atoms with Crippen molar-refractivity contribution in [2.24, 2.45) is 0 Å². The van der Waals surface area contributed by atoms with E-state index in [1.54, 1.807) is 0 Å². The van der Waals surface area contributed by atoms with Crippen LogP contribution in [0.3, 0.4) is 0 Å². The van der Waals surface area contributed by atoms with Crippen LogP contribution in [0.2, 0.25) is 0 Å². The van der Waals surface area contributed by atoms with Crippen LogP contribution in [0.5, 0.6) is 0 Å². The van der Waals surface area contributed by atoms with E-state index >= 15 is 0 Å². The molecule has 1 aromatic carbocycles. The summed E-state index contributed by atoms with van der Waals surface area (Å²) in [6.45, 7) is 2.20. The van der Waals surface area contributed by atoms with Gasteiger partial charge in [0.1, 0.15) is 5.82 Å². The lowest BCUT2D eigenvalue weighted by Crippen LogP contribution is -2.12. The zero-order chi connectivity index (χ0) is 17.8. The molecule has 0 spiro atoms. The maximum absolute atomic E-state index is 13.6. The number of nitro groups is 1. The molecule has 6 heteroatoms. The second-order valence-electron chi connectivity index (χ2n) is 6.05. The van der Waals surface area contributed by atoms with Crippen LogP contribution in [0.25, 0.3) is 0 Å². The molecular weight excluding hydrogens is 311 g/mol. The van der Waals surface area contributed by atoms with Gasteiger partial charge in [0.15, 0.2) is 0 Å². The summed E-state index contributed by atoms with van der Waals surface area (Å²) in [4.78, 5) is 21.9. The average molecular weight is 338 g/mol. The molecule has 0 aliphatic carbocycles. The van der Waals surface area contributed by atoms with E-state index in [4.69, 9.17) is 0 Å². The number of nitrogens with zero attached hydrogens (tertiary/aromatic N) is 1. The van der Waals surface area contributed by atoms with Crippen LogP contribution in [0.4, 0.5) is 15.8 Å². The van der Waals surface area contributed by atoms with E-state index in [-0.39, 0.29) is 17.3 Å². The molecule has 0 bridgehead atoms. The zero-order valence-electron chi connectivity index (χ0n) is 14.4. The summed E-state index contributed by atoms with van der Waals surface area (Å²) in [6, 6.07) is 3.11. The SMILES string of the molecule is CCCCCCCCCCCC(=O)Nc1cc([N+](=O)[O-])ccc1F. The van der Waals surface area contributed by atoms with Crippen LogP contribution in [0.15, 0.2) is 18.2 Å². The summed E-state index contributed by atoms with van der Waals surface area (Å²) in [5.41, 5.74) is -0.375. The quantitative estimate of drug-likeness (QED) is 0.306. The van der Waals surface area contributed by atoms with Gasteiger partial charge >= 0.3 is 0 Å². The largest absolute Gasteiger partial charge is 0.323 e. The van der Waals surface area contributed by atoms with Crippen LogP contribution in [0.1, 0.15) is 71.1 Å². The maximum Gasteiger partial charge on any atom is 0.271 e. The second-order valence-corrected chi connectivity index (χ2v) is 6.05. The summed E-state index contributed by atoms with van der Waals surface area (Å²) < 4.78 is 13.6. The molecule has 0 aliphatic heterocycles. The first kappa shape index (κ1) is 20.1. The van der Waals surface area contributed by atoms with Crippen molar-refractivity contribution in [1.29, 1.82) is 0 Å². The Morgan fingerprint density at radius 3 is 2.25 bits per heavy atom. The number of carbonyl (C=O) groups is 1. The average Bonchev–Trinajstić information content (AvgIpc) is 2.55. The van der Waals surface area contributed by atoms with Gasteiger partial charge in [0.05, 0.1) is 10.6 Å². The molecule has 0 radical (unpaired) electrons. The lowest BCUT2D eigenvalue weighted by molar-refractivity contribution is -0.384. The molecule has 0 fully saturated rings. The van der Waals surface area contributed by atoms with Gasteiger partial charge in [-0.25, -0.2) is 4.39 Å². The first-order chi connectivity index (χ1) is 11.5. The minimum Gasteiger partial charge on any atom is -0.323 e. The normalized spacial score (nSPS) is 10.6. The molecule has 1 rings (SSSR count). The van der Waals surface area contributed by atoms with Gasteiger partial charge in [0.2, 0.25) is 5.91 Å². The van der Waals surface area contributed by atoms with Gasteiger partial charge in [0.25, 0.3) is 5.69 Å². The number of amides is 1. The molecule has 0 atom stereocenters. The molecule has 0 unspecified atom stereocenters. The molecule has 1 N–H and O–H groups in total. The van der Waals surface area contributed by atoms with Crippen molar-refractivity contribution in [3.05, 3.63) is 34.1 Å². The molecule has 0 heterocycles. The number of carbonyl (C=O) groups excluding carboxylic acids is 1. The number of rotatable bonds is 12. The number of unbranched alkanes of at least 4 members (excludes halogenated alkanes) is 8. The van der Waals surface area contributed by atoms with Crippen molar-refractivity contribution < 1.29 is 14.1 Å². The molecular formula is C18H27FN2O3. The number of benzene rings is 1. The number of hydrogen-bond acceptors (Lipinski definition) is 3. The van der Waals surface area contributed by atoms with Crippen LogP contribution >= 0.6 is 0 Å². The highest BCUT2D eigenvalue weighted by Crippen LogP contribution is 2.21. The van der Waals surface area contributed by atoms with E-state index < -0.39 is 10.7 Å². The topological polar surface area (TPSA) is 72.2 Å². The highest BCUT2D eigenvalue weighted by Gasteiger charge is 2.12. The third-order valence-corrected chi connectivity index (χ3v) is 3.94. The van der Waals surface area contributed by atoms with Crippen molar-refractivity contribution in [3.63, 3.8) is 0 Å². The van der Waals surface area contributed by atoms with Gasteiger partial charge in [0, 0.05) is 18.6 Å². The van der Waals surface area contributed by atoms with Crippen LogP contribution in [0, 0.1) is 15.9 Å². The molecule has 24 heavy (non-hydrogen) atoms. The summed E-state index contributed by atoms with van der Waals surface area (Å²) in [7, 11) is 0. The smallest absolute Gasteiger partial charge is 0.271 e. The van der Waals surface area contributed by atoms with E-state index in [2.05, 4.69) is 12.2 Å². The zero-order valence-corrected chi connectivity index (χ0v) is 14.4. The van der Waals surface area contributed by atoms with E-state index in [0.717, 1.165) is 37.5 Å². The Kier molecular flexibility index (Phi) is 9.65. The lowest BCUT2D eigenvalue weighted by atomic mass is 10.1. The maximum atomic E-state index is 13.6. The summed E-state index contributed by atoms with van der Waals surface area (Å²) in [5.74, 6) is -0.974. The summed E-state index contributed by atoms with van der Waals surface area (Å²) in [5, 5.41) is 13.1. The van der Waals surface area contributed by atoms with Gasteiger partial charge in [-0.3, -0.25) is 14.9 Å². The third kappa shape index (κ3) is 8.04. The highest BCUT2D eigenvalue weighted by molar-refractivity contribution is 5.91. The Balaban J connectivity index is 2.20. The van der Waals surface area contributed by atoms with E-state index in [1.165, 1.54) is 38.5 Å².